The van der Waals surface area contributed by atoms with Gasteiger partial charge in [0.15, 0.2) is 0 Å². The molecule has 0 aromatic rings. The summed E-state index contributed by atoms with van der Waals surface area (Å²) in [6, 6.07) is -0.591. The summed E-state index contributed by atoms with van der Waals surface area (Å²) < 4.78 is 5.22. The summed E-state index contributed by atoms with van der Waals surface area (Å²) in [5.41, 5.74) is 6.57. The van der Waals surface area contributed by atoms with E-state index in [0.29, 0.717) is 19.8 Å². The van der Waals surface area contributed by atoms with E-state index in [9.17, 15) is 9.59 Å². The number of rotatable bonds is 9. The second-order valence-electron chi connectivity index (χ2n) is 4.85. The Morgan fingerprint density at radius 2 is 1.95 bits per heavy atom. The maximum absolute atomic E-state index is 11.5. The molecular weight excluding hydrogens is 246 g/mol. The Balaban J connectivity index is 3.65. The van der Waals surface area contributed by atoms with Gasteiger partial charge in [-0.25, -0.2) is 0 Å². The smallest absolute Gasteiger partial charge is 0.239 e. The highest BCUT2D eigenvalue weighted by Gasteiger charge is 2.17. The van der Waals surface area contributed by atoms with Crippen molar-refractivity contribution in [3.63, 3.8) is 0 Å². The molecule has 0 aliphatic rings. The second-order valence-corrected chi connectivity index (χ2v) is 4.85. The van der Waals surface area contributed by atoms with E-state index in [1.165, 1.54) is 0 Å². The van der Waals surface area contributed by atoms with Crippen molar-refractivity contribution >= 4 is 11.8 Å². The van der Waals surface area contributed by atoms with Gasteiger partial charge in [-0.3, -0.25) is 9.59 Å². The first-order valence-corrected chi connectivity index (χ1v) is 6.36. The van der Waals surface area contributed by atoms with Crippen molar-refractivity contribution in [2.24, 2.45) is 11.7 Å². The van der Waals surface area contributed by atoms with Crippen molar-refractivity contribution in [2.75, 3.05) is 26.3 Å². The number of amides is 2. The second kappa shape index (κ2) is 9.52. The molecule has 0 saturated heterocycles. The van der Waals surface area contributed by atoms with Crippen LogP contribution in [-0.2, 0) is 14.3 Å². The van der Waals surface area contributed by atoms with Crippen LogP contribution in [0.3, 0.4) is 0 Å². The molecule has 4 N–H and O–H groups in total. The third kappa shape index (κ3) is 9.21. The summed E-state index contributed by atoms with van der Waals surface area (Å²) in [7, 11) is 0. The Kier molecular flexibility index (Phi) is 8.82. The highest BCUT2D eigenvalue weighted by Crippen LogP contribution is 1.97. The molecule has 0 saturated carbocycles. The number of carbonyl (C=O) groups excluding carboxylic acids is 2. The van der Waals surface area contributed by atoms with Gasteiger partial charge in [-0.05, 0) is 12.8 Å². The molecule has 1 atom stereocenters. The van der Waals surface area contributed by atoms with Crippen LogP contribution in [0.4, 0.5) is 0 Å². The van der Waals surface area contributed by atoms with Crippen molar-refractivity contribution in [1.29, 1.82) is 0 Å². The molecule has 0 spiro atoms. The average molecular weight is 271 g/mol. The van der Waals surface area contributed by atoms with E-state index >= 15 is 0 Å². The van der Waals surface area contributed by atoms with Crippen LogP contribution in [0.1, 0.15) is 20.8 Å². The molecule has 0 aliphatic carbocycles. The molecule has 0 fully saturated rings. The van der Waals surface area contributed by atoms with Crippen molar-refractivity contribution < 1.29 is 14.3 Å². The van der Waals surface area contributed by atoms with E-state index < -0.39 is 6.04 Å². The molecule has 0 heterocycles. The van der Waals surface area contributed by atoms with E-state index in [1.54, 1.807) is 0 Å². The predicted octanol–water partition coefficient (Wildman–Crippen LogP) is -0.205. The van der Waals surface area contributed by atoms with Gasteiger partial charge in [-0.2, -0.15) is 0 Å². The third-order valence-electron chi connectivity index (χ3n) is 2.36. The topological polar surface area (TPSA) is 93.5 Å². The lowest BCUT2D eigenvalue weighted by Gasteiger charge is -2.15. The molecule has 0 radical (unpaired) electrons. The minimum absolute atomic E-state index is 0.0404. The zero-order chi connectivity index (χ0) is 14.8. The number of ether oxygens (including phenoxy) is 1. The van der Waals surface area contributed by atoms with E-state index in [4.69, 9.17) is 10.5 Å². The Morgan fingerprint density at radius 3 is 2.47 bits per heavy atom. The van der Waals surface area contributed by atoms with E-state index in [0.717, 1.165) is 5.57 Å². The van der Waals surface area contributed by atoms with Crippen molar-refractivity contribution in [2.45, 2.75) is 26.8 Å². The number of nitrogens with two attached hydrogens (primary N) is 1. The zero-order valence-corrected chi connectivity index (χ0v) is 12.0. The summed E-state index contributed by atoms with van der Waals surface area (Å²) in [5.74, 6) is -0.537. The van der Waals surface area contributed by atoms with Crippen LogP contribution in [-0.4, -0.2) is 44.2 Å². The molecular formula is C13H25N3O3. The quantitative estimate of drug-likeness (QED) is 0.400. The van der Waals surface area contributed by atoms with Crippen LogP contribution >= 0.6 is 0 Å². The first kappa shape index (κ1) is 17.6. The lowest BCUT2D eigenvalue weighted by molar-refractivity contribution is -0.127. The normalized spacial score (nSPS) is 12.1. The number of nitrogens with one attached hydrogen (secondary N) is 2. The molecule has 110 valence electrons. The minimum atomic E-state index is -0.591. The van der Waals surface area contributed by atoms with Gasteiger partial charge >= 0.3 is 0 Å². The maximum Gasteiger partial charge on any atom is 0.239 e. The SMILES string of the molecule is C=C(C)COCCNC(=O)CNC(=O)[C@@H](N)C(C)C. The molecule has 0 rings (SSSR count). The molecule has 0 aliphatic heterocycles. The Labute approximate surface area is 114 Å². The largest absolute Gasteiger partial charge is 0.375 e. The predicted molar refractivity (Wildman–Crippen MR) is 74.5 cm³/mol. The van der Waals surface area contributed by atoms with E-state index in [1.807, 2.05) is 20.8 Å². The number of carbonyl (C=O) groups is 2. The highest BCUT2D eigenvalue weighted by molar-refractivity contribution is 5.87. The van der Waals surface area contributed by atoms with Crippen LogP contribution in [0, 0.1) is 5.92 Å². The van der Waals surface area contributed by atoms with E-state index in [2.05, 4.69) is 17.2 Å². The monoisotopic (exact) mass is 271 g/mol. The zero-order valence-electron chi connectivity index (χ0n) is 12.0. The summed E-state index contributed by atoms with van der Waals surface area (Å²) in [6.07, 6.45) is 0. The third-order valence-corrected chi connectivity index (χ3v) is 2.36. The summed E-state index contributed by atoms with van der Waals surface area (Å²) in [4.78, 5) is 22.9. The Morgan fingerprint density at radius 1 is 1.32 bits per heavy atom. The molecule has 0 aromatic carbocycles. The van der Waals surface area contributed by atoms with Crippen molar-refractivity contribution in [3.8, 4) is 0 Å². The molecule has 6 heteroatoms. The molecule has 6 nitrogen and oxygen atoms in total. The first-order valence-electron chi connectivity index (χ1n) is 6.36. The Bertz CT molecular complexity index is 316. The highest BCUT2D eigenvalue weighted by atomic mass is 16.5. The van der Waals surface area contributed by atoms with Crippen LogP contribution < -0.4 is 16.4 Å². The maximum atomic E-state index is 11.5. The molecule has 0 aromatic heterocycles. The molecule has 0 unspecified atom stereocenters. The summed E-state index contributed by atoms with van der Waals surface area (Å²) >= 11 is 0. The average Bonchev–Trinajstić information content (AvgIpc) is 2.33. The Hall–Kier alpha value is -1.40. The van der Waals surface area contributed by atoms with Crippen molar-refractivity contribution in [1.82, 2.24) is 10.6 Å². The lowest BCUT2D eigenvalue weighted by Crippen LogP contribution is -2.47. The number of hydrogen-bond acceptors (Lipinski definition) is 4. The summed E-state index contributed by atoms with van der Waals surface area (Å²) in [6.45, 7) is 10.5. The minimum Gasteiger partial charge on any atom is -0.375 e. The van der Waals surface area contributed by atoms with Crippen molar-refractivity contribution in [3.05, 3.63) is 12.2 Å². The van der Waals surface area contributed by atoms with Gasteiger partial charge in [0, 0.05) is 6.54 Å². The fraction of sp³-hybridized carbons (Fsp3) is 0.692. The lowest BCUT2D eigenvalue weighted by atomic mass is 10.1. The van der Waals surface area contributed by atoms with Gasteiger partial charge < -0.3 is 21.1 Å². The fourth-order valence-corrected chi connectivity index (χ4v) is 1.16. The van der Waals surface area contributed by atoms with Crippen LogP contribution in [0.2, 0.25) is 0 Å². The van der Waals surface area contributed by atoms with Gasteiger partial charge in [0.2, 0.25) is 11.8 Å². The van der Waals surface area contributed by atoms with Gasteiger partial charge in [0.25, 0.3) is 0 Å². The van der Waals surface area contributed by atoms with E-state index in [-0.39, 0.29) is 24.3 Å². The van der Waals surface area contributed by atoms with Gasteiger partial charge in [0.1, 0.15) is 0 Å². The molecule has 2 amide bonds. The van der Waals surface area contributed by atoms with Crippen LogP contribution in [0.5, 0.6) is 0 Å². The first-order chi connectivity index (χ1) is 8.84. The standard InChI is InChI=1S/C13H25N3O3/c1-9(2)8-19-6-5-15-11(17)7-16-13(18)12(14)10(3)4/h10,12H,1,5-8,14H2,2-4H3,(H,15,17)(H,16,18)/t12-/m0/s1. The molecule has 19 heavy (non-hydrogen) atoms. The summed E-state index contributed by atoms with van der Waals surface area (Å²) in [5, 5.41) is 5.12. The van der Waals surface area contributed by atoms with Crippen LogP contribution in [0.15, 0.2) is 12.2 Å². The fourth-order valence-electron chi connectivity index (χ4n) is 1.16. The van der Waals surface area contributed by atoms with Gasteiger partial charge in [0.05, 0.1) is 25.8 Å². The van der Waals surface area contributed by atoms with Gasteiger partial charge in [-0.15, -0.1) is 0 Å². The van der Waals surface area contributed by atoms with Gasteiger partial charge in [-0.1, -0.05) is 26.0 Å². The van der Waals surface area contributed by atoms with Crippen LogP contribution in [0.25, 0.3) is 0 Å². The number of hydrogen-bond donors (Lipinski definition) is 3. The molecule has 0 bridgehead atoms.